The fourth-order valence-corrected chi connectivity index (χ4v) is 1.76. The molecule has 74 valence electrons. The molecule has 1 aliphatic heterocycles. The van der Waals surface area contributed by atoms with Crippen molar-refractivity contribution in [1.82, 2.24) is 0 Å². The summed E-state index contributed by atoms with van der Waals surface area (Å²) in [4.78, 5) is 4.53. The summed E-state index contributed by atoms with van der Waals surface area (Å²) in [6.45, 7) is 4.87. The maximum Gasteiger partial charge on any atom is 0.180 e. The van der Waals surface area contributed by atoms with Crippen LogP contribution >= 0.6 is 0 Å². The molecule has 0 saturated carbocycles. The van der Waals surface area contributed by atoms with Gasteiger partial charge in [0.25, 0.3) is 0 Å². The molecule has 0 spiro atoms. The van der Waals surface area contributed by atoms with E-state index in [-0.39, 0.29) is 6.04 Å². The van der Waals surface area contributed by atoms with E-state index in [1.165, 1.54) is 5.56 Å². The van der Waals surface area contributed by atoms with Crippen LogP contribution in [0, 0.1) is 5.92 Å². The van der Waals surface area contributed by atoms with Gasteiger partial charge in [0, 0.05) is 12.8 Å². The first-order valence-corrected chi connectivity index (χ1v) is 4.99. The van der Waals surface area contributed by atoms with E-state index in [1.807, 2.05) is 13.0 Å². The Balaban J connectivity index is 2.29. The van der Waals surface area contributed by atoms with Gasteiger partial charge in [-0.2, -0.15) is 0 Å². The topological polar surface area (TPSA) is 21.6 Å². The Hall–Kier alpha value is -1.31. The van der Waals surface area contributed by atoms with E-state index in [1.54, 1.807) is 0 Å². The molecule has 1 aliphatic rings. The van der Waals surface area contributed by atoms with E-state index in [0.29, 0.717) is 5.92 Å². The van der Waals surface area contributed by atoms with Crippen molar-refractivity contribution >= 4 is 5.90 Å². The lowest BCUT2D eigenvalue weighted by Crippen LogP contribution is -2.22. The number of hydrogen-bond acceptors (Lipinski definition) is 2. The number of rotatable bonds is 1. The first-order valence-electron chi connectivity index (χ1n) is 4.99. The lowest BCUT2D eigenvalue weighted by atomic mass is 9.95. The van der Waals surface area contributed by atoms with Crippen molar-refractivity contribution in [2.75, 3.05) is 6.61 Å². The van der Waals surface area contributed by atoms with Crippen LogP contribution in [0.4, 0.5) is 0 Å². The third-order valence-electron chi connectivity index (χ3n) is 2.56. The normalized spacial score (nSPS) is 26.6. The smallest absolute Gasteiger partial charge is 0.180 e. The summed E-state index contributed by atoms with van der Waals surface area (Å²) in [7, 11) is 0. The van der Waals surface area contributed by atoms with E-state index in [2.05, 4.69) is 36.2 Å². The highest BCUT2D eigenvalue weighted by atomic mass is 16.5. The zero-order valence-corrected chi connectivity index (χ0v) is 8.60. The van der Waals surface area contributed by atoms with Crippen molar-refractivity contribution in [2.45, 2.75) is 19.9 Å². The molecule has 1 heterocycles. The van der Waals surface area contributed by atoms with Crippen molar-refractivity contribution in [1.29, 1.82) is 0 Å². The summed E-state index contributed by atoms with van der Waals surface area (Å²) in [6.07, 6.45) is 0. The molecule has 0 fully saturated rings. The van der Waals surface area contributed by atoms with E-state index in [9.17, 15) is 0 Å². The Labute approximate surface area is 84.6 Å². The predicted octanol–water partition coefficient (Wildman–Crippen LogP) is 2.81. The number of aliphatic imine (C=N–C) groups is 1. The standard InChI is InChI=1S/C12H15NO/c1-9-8-14-10(2)13-12(9)11-6-4-3-5-7-11/h3-7,9,12H,8H2,1-2H3. The van der Waals surface area contributed by atoms with Gasteiger partial charge in [-0.3, -0.25) is 0 Å². The summed E-state index contributed by atoms with van der Waals surface area (Å²) in [5.74, 6) is 1.26. The highest BCUT2D eigenvalue weighted by Gasteiger charge is 2.23. The lowest BCUT2D eigenvalue weighted by Gasteiger charge is -2.26. The van der Waals surface area contributed by atoms with Gasteiger partial charge in [-0.25, -0.2) is 4.99 Å². The van der Waals surface area contributed by atoms with Crippen LogP contribution in [0.15, 0.2) is 35.3 Å². The molecule has 14 heavy (non-hydrogen) atoms. The Bertz CT molecular complexity index is 331. The molecule has 1 aromatic carbocycles. The van der Waals surface area contributed by atoms with Crippen molar-refractivity contribution in [3.05, 3.63) is 35.9 Å². The molecule has 2 unspecified atom stereocenters. The van der Waals surface area contributed by atoms with Crippen molar-refractivity contribution < 1.29 is 4.74 Å². The average molecular weight is 189 g/mol. The maximum absolute atomic E-state index is 5.39. The number of nitrogens with zero attached hydrogens (tertiary/aromatic N) is 1. The highest BCUT2D eigenvalue weighted by molar-refractivity contribution is 5.74. The molecule has 0 bridgehead atoms. The summed E-state index contributed by atoms with van der Waals surface area (Å²) < 4.78 is 5.39. The summed E-state index contributed by atoms with van der Waals surface area (Å²) in [5, 5.41) is 0. The van der Waals surface area contributed by atoms with Crippen LogP contribution in [0.1, 0.15) is 25.5 Å². The molecule has 2 heteroatoms. The van der Waals surface area contributed by atoms with Crippen LogP contribution in [0.25, 0.3) is 0 Å². The molecule has 0 saturated heterocycles. The molecule has 1 aromatic rings. The monoisotopic (exact) mass is 189 g/mol. The first-order chi connectivity index (χ1) is 6.77. The summed E-state index contributed by atoms with van der Waals surface area (Å²) in [6, 6.07) is 10.7. The van der Waals surface area contributed by atoms with Gasteiger partial charge in [0.1, 0.15) is 0 Å². The van der Waals surface area contributed by atoms with Gasteiger partial charge in [-0.15, -0.1) is 0 Å². The molecule has 0 N–H and O–H groups in total. The van der Waals surface area contributed by atoms with Gasteiger partial charge in [0.2, 0.25) is 0 Å². The minimum Gasteiger partial charge on any atom is -0.481 e. The van der Waals surface area contributed by atoms with E-state index in [0.717, 1.165) is 12.5 Å². The minimum absolute atomic E-state index is 0.268. The number of benzene rings is 1. The minimum atomic E-state index is 0.268. The molecule has 0 aliphatic carbocycles. The van der Waals surface area contributed by atoms with Crippen molar-refractivity contribution in [2.24, 2.45) is 10.9 Å². The zero-order chi connectivity index (χ0) is 9.97. The Morgan fingerprint density at radius 2 is 2.00 bits per heavy atom. The molecule has 0 radical (unpaired) electrons. The fourth-order valence-electron chi connectivity index (χ4n) is 1.76. The summed E-state index contributed by atoms with van der Waals surface area (Å²) in [5.41, 5.74) is 1.28. The van der Waals surface area contributed by atoms with Crippen molar-refractivity contribution in [3.8, 4) is 0 Å². The average Bonchev–Trinajstić information content (AvgIpc) is 2.23. The van der Waals surface area contributed by atoms with E-state index >= 15 is 0 Å². The largest absolute Gasteiger partial charge is 0.481 e. The Kier molecular flexibility index (Phi) is 2.53. The van der Waals surface area contributed by atoms with Gasteiger partial charge in [-0.05, 0) is 5.56 Å². The van der Waals surface area contributed by atoms with E-state index in [4.69, 9.17) is 4.74 Å². The SMILES string of the molecule is CC1=NC(c2ccccc2)C(C)CO1. The molecule has 2 nitrogen and oxygen atoms in total. The predicted molar refractivity (Wildman–Crippen MR) is 57.4 cm³/mol. The van der Waals surface area contributed by atoms with Crippen LogP contribution in [0.2, 0.25) is 0 Å². The maximum atomic E-state index is 5.39. The second-order valence-electron chi connectivity index (χ2n) is 3.79. The molecule has 2 rings (SSSR count). The van der Waals surface area contributed by atoms with Crippen LogP contribution < -0.4 is 0 Å². The van der Waals surface area contributed by atoms with Gasteiger partial charge >= 0.3 is 0 Å². The first kappa shape index (κ1) is 9.25. The molecule has 0 amide bonds. The van der Waals surface area contributed by atoms with Crippen LogP contribution in [0.3, 0.4) is 0 Å². The fraction of sp³-hybridized carbons (Fsp3) is 0.417. The van der Waals surface area contributed by atoms with Crippen LogP contribution in [-0.2, 0) is 4.74 Å². The highest BCUT2D eigenvalue weighted by Crippen LogP contribution is 2.29. The quantitative estimate of drug-likeness (QED) is 0.665. The third-order valence-corrected chi connectivity index (χ3v) is 2.56. The summed E-state index contributed by atoms with van der Waals surface area (Å²) >= 11 is 0. The molecule has 2 atom stereocenters. The Morgan fingerprint density at radius 1 is 1.29 bits per heavy atom. The number of hydrogen-bond donors (Lipinski definition) is 0. The van der Waals surface area contributed by atoms with Crippen molar-refractivity contribution in [3.63, 3.8) is 0 Å². The van der Waals surface area contributed by atoms with Crippen LogP contribution in [0.5, 0.6) is 0 Å². The lowest BCUT2D eigenvalue weighted by molar-refractivity contribution is 0.198. The molecular formula is C12H15NO. The van der Waals surface area contributed by atoms with Gasteiger partial charge in [0.05, 0.1) is 12.6 Å². The van der Waals surface area contributed by atoms with Gasteiger partial charge < -0.3 is 4.74 Å². The number of ether oxygens (including phenoxy) is 1. The van der Waals surface area contributed by atoms with Gasteiger partial charge in [-0.1, -0.05) is 37.3 Å². The second-order valence-corrected chi connectivity index (χ2v) is 3.79. The third kappa shape index (κ3) is 1.79. The van der Waals surface area contributed by atoms with Gasteiger partial charge in [0.15, 0.2) is 5.90 Å². The van der Waals surface area contributed by atoms with E-state index < -0.39 is 0 Å². The molecular weight excluding hydrogens is 174 g/mol. The molecule has 0 aromatic heterocycles. The Morgan fingerprint density at radius 3 is 2.71 bits per heavy atom. The second kappa shape index (κ2) is 3.82. The zero-order valence-electron chi connectivity index (χ0n) is 8.60. The van der Waals surface area contributed by atoms with Crippen LogP contribution in [-0.4, -0.2) is 12.5 Å².